The van der Waals surface area contributed by atoms with Gasteiger partial charge < -0.3 is 16.0 Å². The summed E-state index contributed by atoms with van der Waals surface area (Å²) in [5, 5.41) is 2.87. The van der Waals surface area contributed by atoms with Gasteiger partial charge in [-0.15, -0.1) is 0 Å². The molecule has 0 fully saturated rings. The SMILES string of the molecule is CCN(CC)CCNC(=O)[C@@H](N)c1ccccc1. The van der Waals surface area contributed by atoms with E-state index in [0.717, 1.165) is 25.2 Å². The molecule has 0 aromatic heterocycles. The molecule has 0 radical (unpaired) electrons. The van der Waals surface area contributed by atoms with Crippen LogP contribution in [0.3, 0.4) is 0 Å². The molecule has 3 N–H and O–H groups in total. The van der Waals surface area contributed by atoms with Crippen LogP contribution in [0.1, 0.15) is 25.5 Å². The second-order valence-corrected chi connectivity index (χ2v) is 4.21. The third-order valence-electron chi connectivity index (χ3n) is 3.06. The Morgan fingerprint density at radius 2 is 1.89 bits per heavy atom. The first kappa shape index (κ1) is 14.7. The second kappa shape index (κ2) is 7.84. The lowest BCUT2D eigenvalue weighted by molar-refractivity contribution is -0.122. The fourth-order valence-corrected chi connectivity index (χ4v) is 1.80. The maximum absolute atomic E-state index is 11.8. The summed E-state index contributed by atoms with van der Waals surface area (Å²) in [5.41, 5.74) is 6.74. The van der Waals surface area contributed by atoms with E-state index in [2.05, 4.69) is 24.1 Å². The summed E-state index contributed by atoms with van der Waals surface area (Å²) >= 11 is 0. The van der Waals surface area contributed by atoms with Crippen molar-refractivity contribution in [2.45, 2.75) is 19.9 Å². The maximum atomic E-state index is 11.8. The van der Waals surface area contributed by atoms with E-state index >= 15 is 0 Å². The van der Waals surface area contributed by atoms with Gasteiger partial charge in [0.1, 0.15) is 6.04 Å². The van der Waals surface area contributed by atoms with Gasteiger partial charge in [-0.2, -0.15) is 0 Å². The van der Waals surface area contributed by atoms with Crippen LogP contribution in [0.15, 0.2) is 30.3 Å². The highest BCUT2D eigenvalue weighted by atomic mass is 16.2. The first-order valence-corrected chi connectivity index (χ1v) is 6.49. The van der Waals surface area contributed by atoms with E-state index in [1.165, 1.54) is 0 Å². The molecular weight excluding hydrogens is 226 g/mol. The summed E-state index contributed by atoms with van der Waals surface area (Å²) in [6, 6.07) is 8.84. The highest BCUT2D eigenvalue weighted by molar-refractivity contribution is 5.82. The Bertz CT molecular complexity index is 349. The van der Waals surface area contributed by atoms with Crippen LogP contribution in [-0.4, -0.2) is 37.0 Å². The number of hydrogen-bond donors (Lipinski definition) is 2. The second-order valence-electron chi connectivity index (χ2n) is 4.21. The van der Waals surface area contributed by atoms with Crippen molar-refractivity contribution in [1.29, 1.82) is 0 Å². The monoisotopic (exact) mass is 249 g/mol. The van der Waals surface area contributed by atoms with E-state index in [9.17, 15) is 4.79 Å². The number of nitrogens with two attached hydrogens (primary N) is 1. The van der Waals surface area contributed by atoms with Crippen LogP contribution in [0.25, 0.3) is 0 Å². The van der Waals surface area contributed by atoms with E-state index in [1.807, 2.05) is 30.3 Å². The zero-order valence-electron chi connectivity index (χ0n) is 11.2. The van der Waals surface area contributed by atoms with Crippen molar-refractivity contribution in [3.63, 3.8) is 0 Å². The summed E-state index contributed by atoms with van der Waals surface area (Å²) < 4.78 is 0. The molecule has 0 saturated carbocycles. The Balaban J connectivity index is 2.37. The molecular formula is C14H23N3O. The standard InChI is InChI=1S/C14H23N3O/c1-3-17(4-2)11-10-16-14(18)13(15)12-8-6-5-7-9-12/h5-9,13H,3-4,10-11,15H2,1-2H3,(H,16,18)/t13-/m0/s1. The predicted octanol–water partition coefficient (Wildman–Crippen LogP) is 1.14. The molecule has 1 atom stereocenters. The minimum absolute atomic E-state index is 0.117. The molecule has 4 nitrogen and oxygen atoms in total. The summed E-state index contributed by atoms with van der Waals surface area (Å²) in [7, 11) is 0. The Labute approximate surface area is 109 Å². The highest BCUT2D eigenvalue weighted by Crippen LogP contribution is 2.08. The van der Waals surface area contributed by atoms with Crippen LogP contribution >= 0.6 is 0 Å². The molecule has 0 aliphatic rings. The van der Waals surface area contributed by atoms with Gasteiger partial charge in [0.2, 0.25) is 5.91 Å². The van der Waals surface area contributed by atoms with Gasteiger partial charge in [0.15, 0.2) is 0 Å². The van der Waals surface area contributed by atoms with Crippen molar-refractivity contribution in [2.75, 3.05) is 26.2 Å². The van der Waals surface area contributed by atoms with E-state index in [1.54, 1.807) is 0 Å². The van der Waals surface area contributed by atoms with Gasteiger partial charge in [-0.05, 0) is 18.7 Å². The molecule has 0 unspecified atom stereocenters. The molecule has 1 aromatic rings. The lowest BCUT2D eigenvalue weighted by Gasteiger charge is -2.19. The number of nitrogens with one attached hydrogen (secondary N) is 1. The number of amides is 1. The number of nitrogens with zero attached hydrogens (tertiary/aromatic N) is 1. The van der Waals surface area contributed by atoms with Gasteiger partial charge in [-0.3, -0.25) is 4.79 Å². The molecule has 0 saturated heterocycles. The fraction of sp³-hybridized carbons (Fsp3) is 0.500. The first-order chi connectivity index (χ1) is 8.69. The minimum atomic E-state index is -0.581. The van der Waals surface area contributed by atoms with E-state index in [0.29, 0.717) is 6.54 Å². The zero-order valence-corrected chi connectivity index (χ0v) is 11.2. The molecule has 1 amide bonds. The van der Waals surface area contributed by atoms with Gasteiger partial charge in [-0.25, -0.2) is 0 Å². The molecule has 0 aliphatic carbocycles. The third kappa shape index (κ3) is 4.47. The highest BCUT2D eigenvalue weighted by Gasteiger charge is 2.14. The maximum Gasteiger partial charge on any atom is 0.241 e. The average Bonchev–Trinajstić information content (AvgIpc) is 2.43. The number of carbonyl (C=O) groups excluding carboxylic acids is 1. The molecule has 100 valence electrons. The minimum Gasteiger partial charge on any atom is -0.353 e. The molecule has 0 heterocycles. The number of hydrogen-bond acceptors (Lipinski definition) is 3. The smallest absolute Gasteiger partial charge is 0.241 e. The normalized spacial score (nSPS) is 12.4. The molecule has 4 heteroatoms. The summed E-state index contributed by atoms with van der Waals surface area (Å²) in [6.45, 7) is 7.72. The summed E-state index contributed by atoms with van der Waals surface area (Å²) in [4.78, 5) is 14.1. The topological polar surface area (TPSA) is 58.4 Å². The van der Waals surface area contributed by atoms with E-state index in [4.69, 9.17) is 5.73 Å². The molecule has 1 aromatic carbocycles. The molecule has 0 bridgehead atoms. The number of rotatable bonds is 7. The Morgan fingerprint density at radius 3 is 2.44 bits per heavy atom. The van der Waals surface area contributed by atoms with Crippen molar-refractivity contribution in [1.82, 2.24) is 10.2 Å². The van der Waals surface area contributed by atoms with Crippen molar-refractivity contribution in [3.8, 4) is 0 Å². The van der Waals surface area contributed by atoms with Crippen LogP contribution < -0.4 is 11.1 Å². The molecule has 18 heavy (non-hydrogen) atoms. The largest absolute Gasteiger partial charge is 0.353 e. The van der Waals surface area contributed by atoms with Gasteiger partial charge in [0.25, 0.3) is 0 Å². The van der Waals surface area contributed by atoms with Gasteiger partial charge in [-0.1, -0.05) is 44.2 Å². The van der Waals surface area contributed by atoms with Gasteiger partial charge in [0.05, 0.1) is 0 Å². The van der Waals surface area contributed by atoms with Crippen LogP contribution in [0.4, 0.5) is 0 Å². The predicted molar refractivity (Wildman–Crippen MR) is 74.2 cm³/mol. The number of benzene rings is 1. The quantitative estimate of drug-likeness (QED) is 0.762. The summed E-state index contributed by atoms with van der Waals surface area (Å²) in [6.07, 6.45) is 0. The zero-order chi connectivity index (χ0) is 13.4. The van der Waals surface area contributed by atoms with Crippen LogP contribution in [-0.2, 0) is 4.79 Å². The number of carbonyl (C=O) groups is 1. The Kier molecular flexibility index (Phi) is 6.39. The van der Waals surface area contributed by atoms with E-state index < -0.39 is 6.04 Å². The van der Waals surface area contributed by atoms with E-state index in [-0.39, 0.29) is 5.91 Å². The van der Waals surface area contributed by atoms with Crippen LogP contribution in [0, 0.1) is 0 Å². The third-order valence-corrected chi connectivity index (χ3v) is 3.06. The molecule has 0 aliphatic heterocycles. The van der Waals surface area contributed by atoms with Crippen molar-refractivity contribution < 1.29 is 4.79 Å². The van der Waals surface area contributed by atoms with Crippen molar-refractivity contribution in [3.05, 3.63) is 35.9 Å². The fourth-order valence-electron chi connectivity index (χ4n) is 1.80. The first-order valence-electron chi connectivity index (χ1n) is 6.49. The van der Waals surface area contributed by atoms with Crippen molar-refractivity contribution >= 4 is 5.91 Å². The van der Waals surface area contributed by atoms with Gasteiger partial charge in [0, 0.05) is 13.1 Å². The number of likely N-dealkylation sites (N-methyl/N-ethyl adjacent to an activating group) is 1. The average molecular weight is 249 g/mol. The lowest BCUT2D eigenvalue weighted by Crippen LogP contribution is -2.39. The summed E-state index contributed by atoms with van der Waals surface area (Å²) in [5.74, 6) is -0.117. The van der Waals surface area contributed by atoms with Gasteiger partial charge >= 0.3 is 0 Å². The molecule has 1 rings (SSSR count). The van der Waals surface area contributed by atoms with Crippen LogP contribution in [0.2, 0.25) is 0 Å². The molecule has 0 spiro atoms. The van der Waals surface area contributed by atoms with Crippen molar-refractivity contribution in [2.24, 2.45) is 5.73 Å². The Morgan fingerprint density at radius 1 is 1.28 bits per heavy atom. The Hall–Kier alpha value is -1.39. The lowest BCUT2D eigenvalue weighted by atomic mass is 10.1. The van der Waals surface area contributed by atoms with Crippen LogP contribution in [0.5, 0.6) is 0 Å².